The summed E-state index contributed by atoms with van der Waals surface area (Å²) in [6.07, 6.45) is 2.29. The van der Waals surface area contributed by atoms with Crippen molar-refractivity contribution in [3.63, 3.8) is 0 Å². The van der Waals surface area contributed by atoms with Crippen LogP contribution in [0, 0.1) is 12.8 Å². The van der Waals surface area contributed by atoms with Crippen LogP contribution < -0.4 is 5.32 Å². The highest BCUT2D eigenvalue weighted by molar-refractivity contribution is 7.46. The van der Waals surface area contributed by atoms with Gasteiger partial charge in [-0.2, -0.15) is 0 Å². The van der Waals surface area contributed by atoms with E-state index in [4.69, 9.17) is 14.9 Å². The van der Waals surface area contributed by atoms with E-state index in [1.165, 1.54) is 20.2 Å². The van der Waals surface area contributed by atoms with Crippen molar-refractivity contribution in [1.82, 2.24) is 10.3 Å². The van der Waals surface area contributed by atoms with Gasteiger partial charge in [0.1, 0.15) is 5.75 Å². The Kier molecular flexibility index (Phi) is 5.94. The molecular weight excluding hydrogens is 367 g/mol. The monoisotopic (exact) mass is 386 g/mol. The van der Waals surface area contributed by atoms with E-state index in [2.05, 4.69) is 14.8 Å². The number of nitrogens with zero attached hydrogens (tertiary/aromatic N) is 1. The number of rotatable bonds is 7. The summed E-state index contributed by atoms with van der Waals surface area (Å²) in [5.41, 5.74) is 0.565. The van der Waals surface area contributed by atoms with Gasteiger partial charge in [-0.15, -0.1) is 0 Å². The van der Waals surface area contributed by atoms with E-state index in [1.807, 2.05) is 0 Å². The highest BCUT2D eigenvalue weighted by atomic mass is 31.2. The highest BCUT2D eigenvalue weighted by Crippen LogP contribution is 2.42. The number of carboxylic acids is 1. The molecule has 11 heteroatoms. The van der Waals surface area contributed by atoms with E-state index in [0.29, 0.717) is 0 Å². The number of pyridine rings is 1. The first-order valence-corrected chi connectivity index (χ1v) is 9.10. The average molecular weight is 386 g/mol. The van der Waals surface area contributed by atoms with Crippen molar-refractivity contribution in [2.75, 3.05) is 7.05 Å². The topological polar surface area (TPSA) is 166 Å². The molecule has 2 rings (SSSR count). The van der Waals surface area contributed by atoms with Gasteiger partial charge in [0.15, 0.2) is 5.78 Å². The molecule has 0 spiro atoms. The Morgan fingerprint density at radius 3 is 2.65 bits per heavy atom. The molecule has 2 unspecified atom stereocenters. The predicted molar refractivity (Wildman–Crippen MR) is 88.1 cm³/mol. The van der Waals surface area contributed by atoms with Gasteiger partial charge in [0.2, 0.25) is 0 Å². The second-order valence-corrected chi connectivity index (χ2v) is 7.09. The first-order valence-electron chi connectivity index (χ1n) is 7.57. The number of aryl methyl sites for hydroxylation is 1. The Hall–Kier alpha value is -2.10. The molecule has 1 aromatic rings. The summed E-state index contributed by atoms with van der Waals surface area (Å²) in [5, 5.41) is 22.4. The van der Waals surface area contributed by atoms with Crippen LogP contribution in [0.25, 0.3) is 0 Å². The molecule has 1 aromatic heterocycles. The zero-order chi connectivity index (χ0) is 19.6. The quantitative estimate of drug-likeness (QED) is 0.418. The third-order valence-electron chi connectivity index (χ3n) is 4.17. The Balaban J connectivity index is 2.44. The lowest BCUT2D eigenvalue weighted by Crippen LogP contribution is -2.29. The predicted octanol–water partition coefficient (Wildman–Crippen LogP) is 0.565. The summed E-state index contributed by atoms with van der Waals surface area (Å²) in [5.74, 6) is -2.67. The maximum Gasteiger partial charge on any atom is 0.469 e. The van der Waals surface area contributed by atoms with E-state index in [9.17, 15) is 19.3 Å². The van der Waals surface area contributed by atoms with Gasteiger partial charge in [0.05, 0.1) is 12.3 Å². The van der Waals surface area contributed by atoms with Gasteiger partial charge in [-0.25, -0.2) is 9.36 Å². The lowest BCUT2D eigenvalue weighted by Gasteiger charge is -2.26. The number of phosphoric ester groups is 1. The summed E-state index contributed by atoms with van der Waals surface area (Å²) in [4.78, 5) is 45.1. The fraction of sp³-hybridized carbons (Fsp3) is 0.400. The van der Waals surface area contributed by atoms with Crippen molar-refractivity contribution in [2.24, 2.45) is 5.92 Å². The zero-order valence-electron chi connectivity index (χ0n) is 14.0. The normalized spacial score (nSPS) is 18.7. The molecule has 0 aromatic carbocycles. The number of hydrogen-bond donors (Lipinski definition) is 5. The number of hydrogen-bond acceptors (Lipinski definition) is 7. The molecule has 0 saturated heterocycles. The van der Waals surface area contributed by atoms with E-state index in [1.54, 1.807) is 0 Å². The van der Waals surface area contributed by atoms with Crippen molar-refractivity contribution in [2.45, 2.75) is 26.0 Å². The number of carbonyl (C=O) groups excluding carboxylic acids is 1. The van der Waals surface area contributed by atoms with E-state index >= 15 is 0 Å². The second kappa shape index (κ2) is 7.65. The molecule has 0 aliphatic heterocycles. The number of carboxylic acid groups (broad SMARTS) is 1. The Labute approximate surface area is 148 Å². The number of nitrogens with one attached hydrogen (secondary N) is 1. The standard InChI is InChI=1S/C15H19N2O8P/c1-7-14(19)12(9(5-17-7)6-25-26(22,23)24)13(16-2)10-3-8(15(20)21)4-11(10)18/h4-5,10,13,16,19H,3,6H2,1-2H3,(H,20,21)(H2,22,23,24). The minimum atomic E-state index is -4.76. The van der Waals surface area contributed by atoms with Crippen molar-refractivity contribution in [1.29, 1.82) is 0 Å². The molecule has 0 bridgehead atoms. The summed E-state index contributed by atoms with van der Waals surface area (Å²) in [6, 6.07) is -0.798. The third-order valence-corrected chi connectivity index (χ3v) is 4.63. The molecule has 26 heavy (non-hydrogen) atoms. The van der Waals surface area contributed by atoms with Crippen LogP contribution in [0.1, 0.15) is 29.3 Å². The minimum Gasteiger partial charge on any atom is -0.506 e. The Bertz CT molecular complexity index is 816. The van der Waals surface area contributed by atoms with Crippen molar-refractivity contribution in [3.05, 3.63) is 34.7 Å². The molecule has 0 radical (unpaired) electrons. The van der Waals surface area contributed by atoms with Crippen molar-refractivity contribution in [3.8, 4) is 5.75 Å². The van der Waals surface area contributed by atoms with Crippen LogP contribution in [0.4, 0.5) is 0 Å². The van der Waals surface area contributed by atoms with Crippen molar-refractivity contribution >= 4 is 19.6 Å². The van der Waals surface area contributed by atoms with Gasteiger partial charge in [-0.3, -0.25) is 14.3 Å². The third kappa shape index (κ3) is 4.35. The molecule has 2 atom stereocenters. The number of allylic oxidation sites excluding steroid dienone is 1. The lowest BCUT2D eigenvalue weighted by atomic mass is 9.87. The largest absolute Gasteiger partial charge is 0.506 e. The van der Waals surface area contributed by atoms with Crippen LogP contribution in [0.15, 0.2) is 17.8 Å². The maximum absolute atomic E-state index is 12.3. The number of aromatic hydroxyl groups is 1. The first-order chi connectivity index (χ1) is 12.0. The molecule has 1 aliphatic carbocycles. The SMILES string of the molecule is CNC(c1c(COP(=O)(O)O)cnc(C)c1O)C1CC(C(=O)O)=CC1=O. The smallest absolute Gasteiger partial charge is 0.469 e. The molecule has 1 aliphatic rings. The van der Waals surface area contributed by atoms with E-state index in [-0.39, 0.29) is 34.6 Å². The molecule has 142 valence electrons. The van der Waals surface area contributed by atoms with Gasteiger partial charge in [-0.05, 0) is 26.5 Å². The molecule has 0 amide bonds. The van der Waals surface area contributed by atoms with E-state index in [0.717, 1.165) is 6.08 Å². The first kappa shape index (κ1) is 20.2. The van der Waals surface area contributed by atoms with Crippen LogP contribution in [0.2, 0.25) is 0 Å². The number of ketones is 1. The maximum atomic E-state index is 12.3. The van der Waals surface area contributed by atoms with Gasteiger partial charge in [-0.1, -0.05) is 0 Å². The van der Waals surface area contributed by atoms with Crippen LogP contribution >= 0.6 is 7.82 Å². The van der Waals surface area contributed by atoms with Gasteiger partial charge in [0, 0.05) is 34.9 Å². The lowest BCUT2D eigenvalue weighted by molar-refractivity contribution is -0.132. The Morgan fingerprint density at radius 1 is 1.50 bits per heavy atom. The minimum absolute atomic E-state index is 0.0424. The fourth-order valence-electron chi connectivity index (χ4n) is 2.92. The van der Waals surface area contributed by atoms with Gasteiger partial charge < -0.3 is 25.3 Å². The summed E-state index contributed by atoms with van der Waals surface area (Å²) >= 11 is 0. The molecule has 0 saturated carbocycles. The second-order valence-electron chi connectivity index (χ2n) is 5.85. The molecular formula is C15H19N2O8P. The summed E-state index contributed by atoms with van der Waals surface area (Å²) in [6.45, 7) is 0.981. The van der Waals surface area contributed by atoms with Crippen LogP contribution in [-0.2, 0) is 25.3 Å². The number of phosphoric acid groups is 1. The van der Waals surface area contributed by atoms with Crippen LogP contribution in [0.3, 0.4) is 0 Å². The van der Waals surface area contributed by atoms with Crippen LogP contribution in [0.5, 0.6) is 5.75 Å². The molecule has 0 fully saturated rings. The van der Waals surface area contributed by atoms with E-state index < -0.39 is 38.1 Å². The fourth-order valence-corrected chi connectivity index (χ4v) is 3.23. The number of aromatic nitrogens is 1. The average Bonchev–Trinajstić information content (AvgIpc) is 2.92. The van der Waals surface area contributed by atoms with Crippen molar-refractivity contribution < 1.29 is 38.7 Å². The van der Waals surface area contributed by atoms with Crippen LogP contribution in [-0.4, -0.2) is 43.8 Å². The summed E-state index contributed by atoms with van der Waals surface area (Å²) < 4.78 is 15.5. The van der Waals surface area contributed by atoms with Gasteiger partial charge >= 0.3 is 13.8 Å². The molecule has 10 nitrogen and oxygen atoms in total. The zero-order valence-corrected chi connectivity index (χ0v) is 14.9. The Morgan fingerprint density at radius 2 is 2.15 bits per heavy atom. The number of carbonyl (C=O) groups is 2. The summed E-state index contributed by atoms with van der Waals surface area (Å²) in [7, 11) is -3.23. The molecule has 5 N–H and O–H groups in total. The number of aliphatic carboxylic acids is 1. The molecule has 1 heterocycles. The van der Waals surface area contributed by atoms with Gasteiger partial charge in [0.25, 0.3) is 0 Å². The highest BCUT2D eigenvalue weighted by Gasteiger charge is 2.37.